The number of carboxylic acids is 1. The Hall–Kier alpha value is -2.04. The maximum atomic E-state index is 13.6. The summed E-state index contributed by atoms with van der Waals surface area (Å²) in [6.45, 7) is 0. The Morgan fingerprint density at radius 3 is 2.81 bits per heavy atom. The van der Waals surface area contributed by atoms with Gasteiger partial charge in [-0.1, -0.05) is 0 Å². The molecule has 1 heterocycles. The molecule has 0 fully saturated rings. The Morgan fingerprint density at radius 2 is 2.25 bits per heavy atom. The van der Waals surface area contributed by atoms with Crippen LogP contribution in [0.1, 0.15) is 10.4 Å². The van der Waals surface area contributed by atoms with Crippen molar-refractivity contribution in [2.75, 3.05) is 7.11 Å². The van der Waals surface area contributed by atoms with Crippen LogP contribution in [-0.2, 0) is 7.05 Å². The largest absolute Gasteiger partial charge is 0.495 e. The van der Waals surface area contributed by atoms with Crippen LogP contribution >= 0.6 is 0 Å². The minimum absolute atomic E-state index is 0.0584. The van der Waals surface area contributed by atoms with Gasteiger partial charge in [0, 0.05) is 18.6 Å². The normalized spacial score (nSPS) is 10.7. The van der Waals surface area contributed by atoms with Gasteiger partial charge in [0.1, 0.15) is 17.1 Å². The van der Waals surface area contributed by atoms with Gasteiger partial charge >= 0.3 is 5.97 Å². The smallest absolute Gasteiger partial charge is 0.342 e. The molecule has 0 aliphatic carbocycles. The molecule has 2 rings (SSSR count). The molecule has 1 N–H and O–H groups in total. The molecule has 0 saturated heterocycles. The summed E-state index contributed by atoms with van der Waals surface area (Å²) >= 11 is 0. The number of aryl methyl sites for hydroxylation is 1. The maximum absolute atomic E-state index is 13.6. The van der Waals surface area contributed by atoms with Crippen LogP contribution in [0.15, 0.2) is 18.3 Å². The molecule has 5 heteroatoms. The van der Waals surface area contributed by atoms with Gasteiger partial charge in [0.15, 0.2) is 0 Å². The number of carboxylic acid groups (broad SMARTS) is 1. The number of aromatic carboxylic acids is 1. The Balaban J connectivity index is 2.91. The van der Waals surface area contributed by atoms with Gasteiger partial charge in [0.25, 0.3) is 0 Å². The molecule has 16 heavy (non-hydrogen) atoms. The predicted molar refractivity (Wildman–Crippen MR) is 56.4 cm³/mol. The zero-order chi connectivity index (χ0) is 11.9. The fourth-order valence-electron chi connectivity index (χ4n) is 1.76. The fourth-order valence-corrected chi connectivity index (χ4v) is 1.76. The van der Waals surface area contributed by atoms with Crippen molar-refractivity contribution in [1.29, 1.82) is 0 Å². The summed E-state index contributed by atoms with van der Waals surface area (Å²) in [5.41, 5.74) is 0.167. The summed E-state index contributed by atoms with van der Waals surface area (Å²) in [6.07, 6.45) is 1.72. The van der Waals surface area contributed by atoms with Gasteiger partial charge in [-0.05, 0) is 12.1 Å². The highest BCUT2D eigenvalue weighted by Gasteiger charge is 2.21. The summed E-state index contributed by atoms with van der Waals surface area (Å²) in [5, 5.41) is 9.50. The lowest BCUT2D eigenvalue weighted by atomic mass is 10.1. The molecule has 0 atom stereocenters. The molecule has 2 aromatic rings. The second-order valence-corrected chi connectivity index (χ2v) is 3.43. The lowest BCUT2D eigenvalue weighted by molar-refractivity contribution is 0.0688. The first kappa shape index (κ1) is 10.5. The van der Waals surface area contributed by atoms with Gasteiger partial charge < -0.3 is 14.4 Å². The van der Waals surface area contributed by atoms with Crippen molar-refractivity contribution in [1.82, 2.24) is 4.57 Å². The van der Waals surface area contributed by atoms with E-state index in [1.54, 1.807) is 23.9 Å². The van der Waals surface area contributed by atoms with Gasteiger partial charge in [-0.25, -0.2) is 9.18 Å². The molecule has 0 bridgehead atoms. The number of benzene rings is 1. The lowest BCUT2D eigenvalue weighted by Gasteiger charge is -2.08. The van der Waals surface area contributed by atoms with Crippen molar-refractivity contribution in [2.24, 2.45) is 7.05 Å². The molecule has 1 aromatic carbocycles. The number of nitrogens with zero attached hydrogens (tertiary/aromatic N) is 1. The summed E-state index contributed by atoms with van der Waals surface area (Å²) in [5.74, 6) is -2.07. The van der Waals surface area contributed by atoms with Crippen molar-refractivity contribution in [3.8, 4) is 5.75 Å². The Kier molecular flexibility index (Phi) is 2.30. The van der Waals surface area contributed by atoms with E-state index in [-0.39, 0.29) is 5.75 Å². The third kappa shape index (κ3) is 1.32. The number of ether oxygens (including phenoxy) is 1. The molecule has 84 valence electrons. The highest BCUT2D eigenvalue weighted by Crippen LogP contribution is 2.32. The quantitative estimate of drug-likeness (QED) is 0.847. The van der Waals surface area contributed by atoms with Gasteiger partial charge in [-0.2, -0.15) is 0 Å². The van der Waals surface area contributed by atoms with Crippen molar-refractivity contribution >= 4 is 16.9 Å². The lowest BCUT2D eigenvalue weighted by Crippen LogP contribution is -2.04. The minimum atomic E-state index is -1.33. The van der Waals surface area contributed by atoms with E-state index in [2.05, 4.69) is 0 Å². The maximum Gasteiger partial charge on any atom is 0.342 e. The molecular formula is C11H10FNO3. The van der Waals surface area contributed by atoms with Crippen LogP contribution in [0.2, 0.25) is 0 Å². The first-order chi connectivity index (χ1) is 7.56. The number of hydrogen-bond acceptors (Lipinski definition) is 2. The highest BCUT2D eigenvalue weighted by molar-refractivity contribution is 6.00. The Labute approximate surface area is 90.9 Å². The monoisotopic (exact) mass is 223 g/mol. The van der Waals surface area contributed by atoms with E-state index in [0.29, 0.717) is 10.9 Å². The summed E-state index contributed by atoms with van der Waals surface area (Å²) in [6, 6.07) is 2.89. The average molecular weight is 223 g/mol. The van der Waals surface area contributed by atoms with E-state index in [1.165, 1.54) is 13.2 Å². The minimum Gasteiger partial charge on any atom is -0.495 e. The number of hydrogen-bond donors (Lipinski definition) is 1. The van der Waals surface area contributed by atoms with Crippen molar-refractivity contribution in [2.45, 2.75) is 0 Å². The zero-order valence-electron chi connectivity index (χ0n) is 8.82. The molecular weight excluding hydrogens is 213 g/mol. The average Bonchev–Trinajstić information content (AvgIpc) is 2.58. The Bertz CT molecular complexity index is 574. The second kappa shape index (κ2) is 3.52. The standard InChI is InChI=1S/C11H10FNO3/c1-13-4-3-6-8(13)5-7(12)9(11(14)15)10(6)16-2/h3-5H,1-2H3,(H,14,15). The second-order valence-electron chi connectivity index (χ2n) is 3.43. The first-order valence-electron chi connectivity index (χ1n) is 4.61. The SMILES string of the molecule is COc1c(C(=O)O)c(F)cc2c1ccn2C. The van der Waals surface area contributed by atoms with E-state index < -0.39 is 17.3 Å². The molecule has 4 nitrogen and oxygen atoms in total. The van der Waals surface area contributed by atoms with Crippen LogP contribution in [0.3, 0.4) is 0 Å². The van der Waals surface area contributed by atoms with Crippen molar-refractivity contribution in [3.63, 3.8) is 0 Å². The van der Waals surface area contributed by atoms with Crippen molar-refractivity contribution in [3.05, 3.63) is 29.7 Å². The van der Waals surface area contributed by atoms with E-state index in [1.807, 2.05) is 0 Å². The van der Waals surface area contributed by atoms with E-state index in [0.717, 1.165) is 0 Å². The zero-order valence-corrected chi connectivity index (χ0v) is 8.82. The summed E-state index contributed by atoms with van der Waals surface area (Å²) in [4.78, 5) is 10.9. The van der Waals surface area contributed by atoms with Gasteiger partial charge in [0.2, 0.25) is 0 Å². The molecule has 0 amide bonds. The van der Waals surface area contributed by atoms with Crippen LogP contribution in [0.4, 0.5) is 4.39 Å². The number of rotatable bonds is 2. The first-order valence-corrected chi connectivity index (χ1v) is 4.61. The molecule has 0 spiro atoms. The third-order valence-corrected chi connectivity index (χ3v) is 2.51. The van der Waals surface area contributed by atoms with Gasteiger partial charge in [0.05, 0.1) is 12.6 Å². The van der Waals surface area contributed by atoms with Crippen LogP contribution in [-0.4, -0.2) is 22.8 Å². The summed E-state index contributed by atoms with van der Waals surface area (Å²) in [7, 11) is 3.08. The number of carbonyl (C=O) groups is 1. The van der Waals surface area contributed by atoms with Crippen LogP contribution in [0, 0.1) is 5.82 Å². The molecule has 0 aliphatic heterocycles. The number of halogens is 1. The van der Waals surface area contributed by atoms with Crippen molar-refractivity contribution < 1.29 is 19.0 Å². The highest BCUT2D eigenvalue weighted by atomic mass is 19.1. The van der Waals surface area contributed by atoms with E-state index >= 15 is 0 Å². The van der Waals surface area contributed by atoms with E-state index in [9.17, 15) is 9.18 Å². The molecule has 0 saturated carbocycles. The molecule has 1 aromatic heterocycles. The third-order valence-electron chi connectivity index (χ3n) is 2.51. The van der Waals surface area contributed by atoms with E-state index in [4.69, 9.17) is 9.84 Å². The van der Waals surface area contributed by atoms with Gasteiger partial charge in [-0.3, -0.25) is 0 Å². The van der Waals surface area contributed by atoms with Crippen LogP contribution in [0.5, 0.6) is 5.75 Å². The van der Waals surface area contributed by atoms with Crippen LogP contribution < -0.4 is 4.74 Å². The summed E-state index contributed by atoms with van der Waals surface area (Å²) < 4.78 is 20.3. The fraction of sp³-hybridized carbons (Fsp3) is 0.182. The molecule has 0 unspecified atom stereocenters. The predicted octanol–water partition coefficient (Wildman–Crippen LogP) is 2.02. The topological polar surface area (TPSA) is 51.5 Å². The van der Waals surface area contributed by atoms with Crippen LogP contribution in [0.25, 0.3) is 10.9 Å². The number of methoxy groups -OCH3 is 1. The molecule has 0 aliphatic rings. The molecule has 0 radical (unpaired) electrons. The number of aromatic nitrogens is 1. The van der Waals surface area contributed by atoms with Gasteiger partial charge in [-0.15, -0.1) is 0 Å². The number of fused-ring (bicyclic) bond motifs is 1. The Morgan fingerprint density at radius 1 is 1.56 bits per heavy atom.